The normalized spacial score (nSPS) is 10.1. The van der Waals surface area contributed by atoms with Gasteiger partial charge >= 0.3 is 0 Å². The van der Waals surface area contributed by atoms with E-state index in [4.69, 9.17) is 4.74 Å². The van der Waals surface area contributed by atoms with Crippen LogP contribution in [0.4, 0.5) is 11.5 Å². The molecule has 0 bridgehead atoms. The lowest BCUT2D eigenvalue weighted by Crippen LogP contribution is -2.24. The van der Waals surface area contributed by atoms with Crippen LogP contribution in [-0.4, -0.2) is 28.0 Å². The summed E-state index contributed by atoms with van der Waals surface area (Å²) in [4.78, 5) is 24.5. The summed E-state index contributed by atoms with van der Waals surface area (Å²) >= 11 is 0. The molecule has 0 aliphatic carbocycles. The minimum atomic E-state index is -0.288. The average molecular weight is 335 g/mol. The number of anilines is 2. The number of pyridine rings is 1. The van der Waals surface area contributed by atoms with Crippen LogP contribution in [-0.2, 0) is 6.54 Å². The number of aromatic nitrogens is 3. The first-order valence-electron chi connectivity index (χ1n) is 7.65. The van der Waals surface area contributed by atoms with Crippen LogP contribution in [0.3, 0.4) is 0 Å². The highest BCUT2D eigenvalue weighted by Gasteiger charge is 2.08. The first-order chi connectivity index (χ1) is 12.2. The van der Waals surface area contributed by atoms with Crippen molar-refractivity contribution in [2.75, 3.05) is 12.4 Å². The van der Waals surface area contributed by atoms with Crippen LogP contribution in [0.5, 0.6) is 5.75 Å². The van der Waals surface area contributed by atoms with E-state index < -0.39 is 0 Å². The molecule has 0 aliphatic rings. The zero-order chi connectivity index (χ0) is 17.5. The summed E-state index contributed by atoms with van der Waals surface area (Å²) in [5, 5.41) is 5.89. The molecule has 0 spiro atoms. The number of methoxy groups -OCH3 is 1. The zero-order valence-electron chi connectivity index (χ0n) is 13.6. The van der Waals surface area contributed by atoms with E-state index in [0.29, 0.717) is 12.4 Å². The molecule has 0 fully saturated rings. The second-order valence-electron chi connectivity index (χ2n) is 5.19. The van der Waals surface area contributed by atoms with Gasteiger partial charge in [0.05, 0.1) is 19.5 Å². The van der Waals surface area contributed by atoms with Gasteiger partial charge in [-0.05, 0) is 23.8 Å². The molecular formula is C18H17N5O2. The molecule has 3 rings (SSSR count). The predicted octanol–water partition coefficient (Wildman–Crippen LogP) is 2.55. The van der Waals surface area contributed by atoms with Gasteiger partial charge in [-0.15, -0.1) is 0 Å². The molecule has 0 atom stereocenters. The van der Waals surface area contributed by atoms with Crippen LogP contribution in [0, 0.1) is 0 Å². The second-order valence-corrected chi connectivity index (χ2v) is 5.19. The molecule has 0 saturated carbocycles. The fourth-order valence-electron chi connectivity index (χ4n) is 2.13. The summed E-state index contributed by atoms with van der Waals surface area (Å²) < 4.78 is 5.17. The number of nitrogens with one attached hydrogen (secondary N) is 2. The third-order valence-electron chi connectivity index (χ3n) is 3.40. The Bertz CT molecular complexity index is 838. The number of benzene rings is 1. The fourth-order valence-corrected chi connectivity index (χ4v) is 2.13. The van der Waals surface area contributed by atoms with E-state index in [2.05, 4.69) is 25.6 Å². The highest BCUT2D eigenvalue weighted by atomic mass is 16.5. The Morgan fingerprint density at radius 2 is 2.04 bits per heavy atom. The largest absolute Gasteiger partial charge is 0.497 e. The van der Waals surface area contributed by atoms with Crippen LogP contribution in [0.1, 0.15) is 16.1 Å². The smallest absolute Gasteiger partial charge is 0.271 e. The lowest BCUT2D eigenvalue weighted by Gasteiger charge is -2.08. The van der Waals surface area contributed by atoms with Crippen molar-refractivity contribution in [3.63, 3.8) is 0 Å². The molecule has 2 heterocycles. The van der Waals surface area contributed by atoms with Gasteiger partial charge in [0.15, 0.2) is 0 Å². The van der Waals surface area contributed by atoms with Crippen LogP contribution >= 0.6 is 0 Å². The summed E-state index contributed by atoms with van der Waals surface area (Å²) in [5.41, 5.74) is 1.99. The summed E-state index contributed by atoms with van der Waals surface area (Å²) in [5.74, 6) is 0.991. The van der Waals surface area contributed by atoms with Crippen molar-refractivity contribution in [1.29, 1.82) is 0 Å². The monoisotopic (exact) mass is 335 g/mol. The predicted molar refractivity (Wildman–Crippen MR) is 93.7 cm³/mol. The van der Waals surface area contributed by atoms with E-state index in [1.54, 1.807) is 19.5 Å². The molecule has 1 aromatic carbocycles. The third-order valence-corrected chi connectivity index (χ3v) is 3.40. The van der Waals surface area contributed by atoms with Crippen molar-refractivity contribution in [2.45, 2.75) is 6.54 Å². The van der Waals surface area contributed by atoms with Gasteiger partial charge in [-0.25, -0.2) is 9.97 Å². The number of amides is 1. The van der Waals surface area contributed by atoms with Crippen LogP contribution < -0.4 is 15.4 Å². The van der Waals surface area contributed by atoms with Crippen LogP contribution in [0.25, 0.3) is 0 Å². The molecule has 1 amide bonds. The number of rotatable bonds is 6. The van der Waals surface area contributed by atoms with Gasteiger partial charge in [0.1, 0.15) is 17.3 Å². The molecule has 2 N–H and O–H groups in total. The molecule has 0 radical (unpaired) electrons. The first-order valence-corrected chi connectivity index (χ1v) is 7.65. The Morgan fingerprint density at radius 3 is 2.76 bits per heavy atom. The Balaban J connectivity index is 1.60. The maximum atomic E-state index is 12.1. The van der Waals surface area contributed by atoms with Gasteiger partial charge in [0.2, 0.25) is 0 Å². The van der Waals surface area contributed by atoms with Crippen molar-refractivity contribution < 1.29 is 9.53 Å². The highest BCUT2D eigenvalue weighted by molar-refractivity contribution is 5.92. The molecule has 0 unspecified atom stereocenters. The van der Waals surface area contributed by atoms with E-state index >= 15 is 0 Å². The average Bonchev–Trinajstić information content (AvgIpc) is 2.67. The van der Waals surface area contributed by atoms with Gasteiger partial charge < -0.3 is 15.4 Å². The van der Waals surface area contributed by atoms with Crippen LogP contribution in [0.2, 0.25) is 0 Å². The van der Waals surface area contributed by atoms with E-state index in [0.717, 1.165) is 17.0 Å². The minimum absolute atomic E-state index is 0.250. The topological polar surface area (TPSA) is 89.0 Å². The van der Waals surface area contributed by atoms with Gasteiger partial charge in [-0.3, -0.25) is 9.78 Å². The number of ether oxygens (including phenoxy) is 1. The molecule has 0 aliphatic heterocycles. The molecule has 126 valence electrons. The van der Waals surface area contributed by atoms with Crippen molar-refractivity contribution in [2.24, 2.45) is 0 Å². The van der Waals surface area contributed by atoms with Gasteiger partial charge in [-0.2, -0.15) is 0 Å². The highest BCUT2D eigenvalue weighted by Crippen LogP contribution is 2.19. The second kappa shape index (κ2) is 7.87. The van der Waals surface area contributed by atoms with Crippen molar-refractivity contribution in [3.8, 4) is 5.75 Å². The summed E-state index contributed by atoms with van der Waals surface area (Å²) in [6.07, 6.45) is 6.33. The standard InChI is InChI=1S/C18H17N5O2/c1-25-15-6-2-5-14(8-15)23-17-12-20-16(11-21-17)18(24)22-10-13-4-3-7-19-9-13/h2-9,11-12H,10H2,1H3,(H,21,23)(H,22,24). The molecule has 7 nitrogen and oxygen atoms in total. The number of nitrogens with zero attached hydrogens (tertiary/aromatic N) is 3. The fraction of sp³-hybridized carbons (Fsp3) is 0.111. The van der Waals surface area contributed by atoms with Crippen LogP contribution in [0.15, 0.2) is 61.2 Å². The Hall–Kier alpha value is -3.48. The molecule has 3 aromatic rings. The van der Waals surface area contributed by atoms with Crippen molar-refractivity contribution in [1.82, 2.24) is 20.3 Å². The zero-order valence-corrected chi connectivity index (χ0v) is 13.6. The molecule has 0 saturated heterocycles. The third kappa shape index (κ3) is 4.51. The lowest BCUT2D eigenvalue weighted by atomic mass is 10.3. The number of carbonyl (C=O) groups is 1. The van der Waals surface area contributed by atoms with E-state index in [9.17, 15) is 4.79 Å². The van der Waals surface area contributed by atoms with E-state index in [1.165, 1.54) is 12.4 Å². The SMILES string of the molecule is COc1cccc(Nc2cnc(C(=O)NCc3cccnc3)cn2)c1. The maximum Gasteiger partial charge on any atom is 0.271 e. The van der Waals surface area contributed by atoms with Gasteiger partial charge in [0.25, 0.3) is 5.91 Å². The summed E-state index contributed by atoms with van der Waals surface area (Å²) in [6.45, 7) is 0.387. The Kier molecular flexibility index (Phi) is 5.16. The molecule has 7 heteroatoms. The Labute approximate surface area is 145 Å². The minimum Gasteiger partial charge on any atom is -0.497 e. The molecular weight excluding hydrogens is 318 g/mol. The summed E-state index contributed by atoms with van der Waals surface area (Å²) in [7, 11) is 1.61. The van der Waals surface area contributed by atoms with Gasteiger partial charge in [-0.1, -0.05) is 12.1 Å². The maximum absolute atomic E-state index is 12.1. The number of hydrogen-bond donors (Lipinski definition) is 2. The molecule has 2 aromatic heterocycles. The molecule has 25 heavy (non-hydrogen) atoms. The van der Waals surface area contributed by atoms with E-state index in [-0.39, 0.29) is 11.6 Å². The van der Waals surface area contributed by atoms with Crippen molar-refractivity contribution >= 4 is 17.4 Å². The number of hydrogen-bond acceptors (Lipinski definition) is 6. The number of carbonyl (C=O) groups excluding carboxylic acids is 1. The van der Waals surface area contributed by atoms with E-state index in [1.807, 2.05) is 36.4 Å². The van der Waals surface area contributed by atoms with Crippen molar-refractivity contribution in [3.05, 3.63) is 72.4 Å². The first kappa shape index (κ1) is 16.4. The lowest BCUT2D eigenvalue weighted by molar-refractivity contribution is 0.0945. The van der Waals surface area contributed by atoms with Gasteiger partial charge in [0, 0.05) is 30.7 Å². The Morgan fingerprint density at radius 1 is 1.12 bits per heavy atom. The summed E-state index contributed by atoms with van der Waals surface area (Å²) in [6, 6.07) is 11.2. The quantitative estimate of drug-likeness (QED) is 0.720.